The largest absolute Gasteiger partial charge is 0.481 e. The number of aliphatic hydroxyl groups excluding tert-OH is 2. The van der Waals surface area contributed by atoms with Crippen LogP contribution >= 0.6 is 0 Å². The van der Waals surface area contributed by atoms with Crippen molar-refractivity contribution in [3.8, 4) is 0 Å². The molecule has 1 aliphatic rings. The zero-order chi connectivity index (χ0) is 20.4. The number of aliphatic carboxylic acids is 1. The van der Waals surface area contributed by atoms with Crippen LogP contribution in [0.25, 0.3) is 0 Å². The average Bonchev–Trinajstić information content (AvgIpc) is 2.86. The Balaban J connectivity index is 2.70. The van der Waals surface area contributed by atoms with Crippen LogP contribution in [0, 0.1) is 17.3 Å². The maximum absolute atomic E-state index is 14.3. The molecule has 0 aromatic heterocycles. The number of halogens is 1. The van der Waals surface area contributed by atoms with E-state index in [0.29, 0.717) is 12.8 Å². The van der Waals surface area contributed by atoms with Crippen molar-refractivity contribution in [2.24, 2.45) is 17.3 Å². The van der Waals surface area contributed by atoms with Gasteiger partial charge in [-0.25, -0.2) is 4.39 Å². The zero-order valence-electron chi connectivity index (χ0n) is 16.8. The molecule has 0 aromatic rings. The molecule has 1 rings (SSSR count). The third-order valence-corrected chi connectivity index (χ3v) is 5.49. The Bertz CT molecular complexity index is 549. The third kappa shape index (κ3) is 8.00. The highest BCUT2D eigenvalue weighted by Gasteiger charge is 2.41. The number of carbonyl (C=O) groups is 1. The van der Waals surface area contributed by atoms with Crippen LogP contribution in [-0.2, 0) is 4.79 Å². The van der Waals surface area contributed by atoms with E-state index in [0.717, 1.165) is 19.3 Å². The molecule has 1 fully saturated rings. The predicted octanol–water partition coefficient (Wildman–Crippen LogP) is 4.42. The molecule has 0 unspecified atom stereocenters. The summed E-state index contributed by atoms with van der Waals surface area (Å²) in [6, 6.07) is 0. The number of allylic oxidation sites excluding steroid dienone is 1. The molecule has 0 amide bonds. The summed E-state index contributed by atoms with van der Waals surface area (Å²) >= 11 is 0. The van der Waals surface area contributed by atoms with E-state index in [-0.39, 0.29) is 30.1 Å². The first-order valence-corrected chi connectivity index (χ1v) is 9.98. The van der Waals surface area contributed by atoms with Crippen LogP contribution in [0.1, 0.15) is 65.7 Å². The lowest BCUT2D eigenvalue weighted by Crippen LogP contribution is -2.28. The summed E-state index contributed by atoms with van der Waals surface area (Å²) in [6.07, 6.45) is 8.31. The lowest BCUT2D eigenvalue weighted by molar-refractivity contribution is -0.136. The van der Waals surface area contributed by atoms with Gasteiger partial charge < -0.3 is 15.3 Å². The third-order valence-electron chi connectivity index (χ3n) is 5.49. The van der Waals surface area contributed by atoms with Gasteiger partial charge in [-0.15, -0.1) is 5.73 Å². The molecule has 3 N–H and O–H groups in total. The van der Waals surface area contributed by atoms with E-state index in [1.54, 1.807) is 24.3 Å². The Labute approximate surface area is 162 Å². The van der Waals surface area contributed by atoms with Crippen molar-refractivity contribution in [1.82, 2.24) is 0 Å². The number of hydrogen-bond acceptors (Lipinski definition) is 3. The van der Waals surface area contributed by atoms with Gasteiger partial charge in [0.15, 0.2) is 0 Å². The first-order chi connectivity index (χ1) is 12.7. The summed E-state index contributed by atoms with van der Waals surface area (Å²) in [5.74, 6) is -1.56. The van der Waals surface area contributed by atoms with Gasteiger partial charge in [0.25, 0.3) is 0 Å². The topological polar surface area (TPSA) is 77.8 Å². The van der Waals surface area contributed by atoms with Crippen molar-refractivity contribution < 1.29 is 24.5 Å². The fourth-order valence-electron chi connectivity index (χ4n) is 3.51. The second-order valence-electron chi connectivity index (χ2n) is 8.23. The van der Waals surface area contributed by atoms with Crippen LogP contribution in [-0.4, -0.2) is 39.7 Å². The quantitative estimate of drug-likeness (QED) is 0.365. The minimum absolute atomic E-state index is 0.0474. The number of hydrogen-bond donors (Lipinski definition) is 3. The lowest BCUT2D eigenvalue weighted by Gasteiger charge is -2.29. The molecule has 1 saturated carbocycles. The minimum atomic E-state index is -1.10. The summed E-state index contributed by atoms with van der Waals surface area (Å²) in [4.78, 5) is 10.5. The standard InChI is InChI=1S/C22H35FO4/c1-4-5-14-22(2,3)20(25)13-12-17-16(18(23)15-19(17)24)10-8-6-7-9-11-21(26)27/h7-8,12-13,16-20,24-25H,4-5,9-11,14-15H2,1-3H3,(H,26,27)/b13-12+/t6?,16-,17-,18-,19-,20-/m1/s1. The van der Waals surface area contributed by atoms with Gasteiger partial charge in [0.1, 0.15) is 6.17 Å². The molecule has 0 saturated heterocycles. The van der Waals surface area contributed by atoms with Crippen LogP contribution in [0.15, 0.2) is 30.0 Å². The van der Waals surface area contributed by atoms with Crippen LogP contribution in [0.4, 0.5) is 4.39 Å². The number of rotatable bonds is 11. The summed E-state index contributed by atoms with van der Waals surface area (Å²) in [7, 11) is 0. The number of carboxylic acids is 1. The number of carboxylic acid groups (broad SMARTS) is 1. The maximum Gasteiger partial charge on any atom is 0.303 e. The molecule has 5 heteroatoms. The molecule has 0 aromatic carbocycles. The van der Waals surface area contributed by atoms with Crippen molar-refractivity contribution in [1.29, 1.82) is 0 Å². The Morgan fingerprint density at radius 1 is 1.37 bits per heavy atom. The van der Waals surface area contributed by atoms with E-state index in [4.69, 9.17) is 5.11 Å². The number of aliphatic hydroxyl groups is 2. The zero-order valence-corrected chi connectivity index (χ0v) is 16.8. The highest BCUT2D eigenvalue weighted by Crippen LogP contribution is 2.39. The molecule has 27 heavy (non-hydrogen) atoms. The van der Waals surface area contributed by atoms with Gasteiger partial charge in [-0.1, -0.05) is 45.8 Å². The van der Waals surface area contributed by atoms with Crippen LogP contribution in [0.2, 0.25) is 0 Å². The van der Waals surface area contributed by atoms with Crippen LogP contribution in [0.3, 0.4) is 0 Å². The van der Waals surface area contributed by atoms with E-state index in [1.807, 2.05) is 13.8 Å². The molecule has 1 aliphatic carbocycles. The summed E-state index contributed by atoms with van der Waals surface area (Å²) < 4.78 is 14.3. The fourth-order valence-corrected chi connectivity index (χ4v) is 3.51. The highest BCUT2D eigenvalue weighted by atomic mass is 19.1. The minimum Gasteiger partial charge on any atom is -0.481 e. The van der Waals surface area contributed by atoms with Gasteiger partial charge in [-0.2, -0.15) is 0 Å². The van der Waals surface area contributed by atoms with E-state index >= 15 is 0 Å². The van der Waals surface area contributed by atoms with Gasteiger partial charge in [-0.05, 0) is 36.8 Å². The SMILES string of the molecule is CCCCC(C)(C)[C@H](O)/C=C/[C@@H]1[C@@H](CC=C=CCCC(=O)O)[C@H](F)C[C@H]1O. The van der Waals surface area contributed by atoms with Gasteiger partial charge >= 0.3 is 5.97 Å². The molecule has 0 spiro atoms. The molecule has 0 heterocycles. The predicted molar refractivity (Wildman–Crippen MR) is 105 cm³/mol. The van der Waals surface area contributed by atoms with Gasteiger partial charge in [0, 0.05) is 24.7 Å². The van der Waals surface area contributed by atoms with Crippen LogP contribution < -0.4 is 0 Å². The maximum atomic E-state index is 14.3. The molecular weight excluding hydrogens is 347 g/mol. The summed E-state index contributed by atoms with van der Waals surface area (Å²) in [5, 5.41) is 29.3. The van der Waals surface area contributed by atoms with Crippen molar-refractivity contribution in [3.63, 3.8) is 0 Å². The van der Waals surface area contributed by atoms with Crippen molar-refractivity contribution in [2.75, 3.05) is 0 Å². The molecular formula is C22H35FO4. The van der Waals surface area contributed by atoms with E-state index in [9.17, 15) is 19.4 Å². The van der Waals surface area contributed by atoms with E-state index in [1.165, 1.54) is 0 Å². The van der Waals surface area contributed by atoms with Gasteiger partial charge in [-0.3, -0.25) is 4.79 Å². The number of unbranched alkanes of at least 4 members (excludes halogenated alkanes) is 1. The second-order valence-corrected chi connectivity index (χ2v) is 8.23. The first-order valence-electron chi connectivity index (χ1n) is 9.98. The Kier molecular flexibility index (Phi) is 10.00. The summed E-state index contributed by atoms with van der Waals surface area (Å²) in [6.45, 7) is 6.15. The van der Waals surface area contributed by atoms with Gasteiger partial charge in [0.05, 0.1) is 12.2 Å². The normalized spacial score (nSPS) is 26.7. The van der Waals surface area contributed by atoms with E-state index in [2.05, 4.69) is 12.7 Å². The lowest BCUT2D eigenvalue weighted by atomic mass is 9.80. The van der Waals surface area contributed by atoms with Crippen molar-refractivity contribution in [2.45, 2.75) is 84.1 Å². The number of alkyl halides is 1. The van der Waals surface area contributed by atoms with Gasteiger partial charge in [0.2, 0.25) is 0 Å². The Morgan fingerprint density at radius 2 is 2.07 bits per heavy atom. The van der Waals surface area contributed by atoms with E-state index < -0.39 is 24.3 Å². The first kappa shape index (κ1) is 23.6. The van der Waals surface area contributed by atoms with Crippen molar-refractivity contribution >= 4 is 5.97 Å². The molecule has 5 atom stereocenters. The highest BCUT2D eigenvalue weighted by molar-refractivity contribution is 5.66. The Hall–Kier alpha value is -1.42. The molecule has 0 aliphatic heterocycles. The molecule has 4 nitrogen and oxygen atoms in total. The molecule has 0 bridgehead atoms. The molecule has 0 radical (unpaired) electrons. The van der Waals surface area contributed by atoms with Crippen molar-refractivity contribution in [3.05, 3.63) is 30.0 Å². The molecule has 154 valence electrons. The monoisotopic (exact) mass is 382 g/mol. The second kappa shape index (κ2) is 11.4. The fraction of sp³-hybridized carbons (Fsp3) is 0.727. The Morgan fingerprint density at radius 3 is 2.70 bits per heavy atom. The summed E-state index contributed by atoms with van der Waals surface area (Å²) in [5.41, 5.74) is 2.64. The smallest absolute Gasteiger partial charge is 0.303 e. The average molecular weight is 383 g/mol. The van der Waals surface area contributed by atoms with Crippen LogP contribution in [0.5, 0.6) is 0 Å².